The summed E-state index contributed by atoms with van der Waals surface area (Å²) in [4.78, 5) is 22.3. The molecule has 0 bridgehead atoms. The van der Waals surface area contributed by atoms with Gasteiger partial charge in [0.1, 0.15) is 11.6 Å². The van der Waals surface area contributed by atoms with E-state index in [1.54, 1.807) is 0 Å². The minimum Gasteiger partial charge on any atom is -0.494 e. The number of hydrogen-bond donors (Lipinski definition) is 2. The van der Waals surface area contributed by atoms with Gasteiger partial charge in [0.25, 0.3) is 5.91 Å². The molecule has 1 aromatic heterocycles. The monoisotopic (exact) mass is 369 g/mol. The smallest absolute Gasteiger partial charge is 0.286 e. The second-order valence-corrected chi connectivity index (χ2v) is 6.80. The van der Waals surface area contributed by atoms with Crippen LogP contribution in [0.2, 0.25) is 0 Å². The van der Waals surface area contributed by atoms with E-state index in [0.717, 1.165) is 54.4 Å². The Morgan fingerprint density at radius 3 is 2.85 bits per heavy atom. The summed E-state index contributed by atoms with van der Waals surface area (Å²) in [5.41, 5.74) is 8.30. The highest BCUT2D eigenvalue weighted by Gasteiger charge is 2.26. The van der Waals surface area contributed by atoms with E-state index in [0.29, 0.717) is 12.6 Å². The van der Waals surface area contributed by atoms with Crippen LogP contribution < -0.4 is 20.7 Å². The van der Waals surface area contributed by atoms with Crippen LogP contribution in [0.25, 0.3) is 0 Å². The lowest BCUT2D eigenvalue weighted by Gasteiger charge is -2.21. The number of rotatable bonds is 7. The summed E-state index contributed by atoms with van der Waals surface area (Å²) in [6, 6.07) is 8.44. The summed E-state index contributed by atoms with van der Waals surface area (Å²) in [7, 11) is 0. The van der Waals surface area contributed by atoms with Crippen LogP contribution in [-0.2, 0) is 6.54 Å². The van der Waals surface area contributed by atoms with E-state index in [1.165, 1.54) is 0 Å². The zero-order valence-corrected chi connectivity index (χ0v) is 16.2. The predicted molar refractivity (Wildman–Crippen MR) is 105 cm³/mol. The van der Waals surface area contributed by atoms with E-state index in [1.807, 2.05) is 39.0 Å². The Kier molecular flexibility index (Phi) is 5.91. The number of carbonyl (C=O) groups excluding carboxylic acids is 1. The highest BCUT2D eigenvalue weighted by Crippen LogP contribution is 2.24. The minimum atomic E-state index is -0.597. The quantitative estimate of drug-likeness (QED) is 0.775. The molecule has 0 saturated carbocycles. The number of nitrogens with zero attached hydrogens (tertiary/aromatic N) is 3. The molecule has 1 fully saturated rings. The van der Waals surface area contributed by atoms with Crippen LogP contribution in [0.4, 0.5) is 5.82 Å². The number of aryl methyl sites for hydroxylation is 1. The molecule has 27 heavy (non-hydrogen) atoms. The third-order valence-electron chi connectivity index (χ3n) is 4.93. The zero-order chi connectivity index (χ0) is 19.4. The summed E-state index contributed by atoms with van der Waals surface area (Å²) in [5.74, 6) is 1.21. The van der Waals surface area contributed by atoms with Crippen molar-refractivity contribution in [3.63, 3.8) is 0 Å². The predicted octanol–water partition coefficient (Wildman–Crippen LogP) is 1.96. The zero-order valence-electron chi connectivity index (χ0n) is 16.2. The van der Waals surface area contributed by atoms with E-state index in [-0.39, 0.29) is 5.82 Å². The molecular formula is C20H27N5O2. The van der Waals surface area contributed by atoms with Crippen LogP contribution in [-0.4, -0.2) is 41.6 Å². The lowest BCUT2D eigenvalue weighted by molar-refractivity contribution is 0.0990. The Labute approximate surface area is 159 Å². The number of aromatic nitrogens is 2. The van der Waals surface area contributed by atoms with Crippen molar-refractivity contribution in [2.45, 2.75) is 39.8 Å². The second kappa shape index (κ2) is 8.35. The summed E-state index contributed by atoms with van der Waals surface area (Å²) < 4.78 is 5.70. The number of amides is 1. The van der Waals surface area contributed by atoms with Gasteiger partial charge in [-0.15, -0.1) is 0 Å². The van der Waals surface area contributed by atoms with E-state index < -0.39 is 5.91 Å². The molecule has 2 aromatic rings. The summed E-state index contributed by atoms with van der Waals surface area (Å²) >= 11 is 0. The van der Waals surface area contributed by atoms with Crippen molar-refractivity contribution < 1.29 is 9.53 Å². The molecule has 7 heteroatoms. The van der Waals surface area contributed by atoms with Gasteiger partial charge in [-0.3, -0.25) is 4.79 Å². The number of nitrogens with two attached hydrogens (primary N) is 1. The molecule has 144 valence electrons. The van der Waals surface area contributed by atoms with Crippen molar-refractivity contribution >= 4 is 11.7 Å². The van der Waals surface area contributed by atoms with Gasteiger partial charge in [-0.2, -0.15) is 0 Å². The number of carbonyl (C=O) groups is 1. The molecule has 0 aliphatic carbocycles. The van der Waals surface area contributed by atoms with Crippen molar-refractivity contribution in [2.24, 2.45) is 5.73 Å². The largest absolute Gasteiger partial charge is 0.494 e. The maximum Gasteiger partial charge on any atom is 0.286 e. The number of para-hydroxylation sites is 1. The van der Waals surface area contributed by atoms with E-state index in [4.69, 9.17) is 10.5 Å². The Hall–Kier alpha value is -2.67. The van der Waals surface area contributed by atoms with Gasteiger partial charge in [-0.05, 0) is 33.3 Å². The molecular weight excluding hydrogens is 342 g/mol. The van der Waals surface area contributed by atoms with Crippen LogP contribution in [0.1, 0.15) is 40.8 Å². The lowest BCUT2D eigenvalue weighted by atomic mass is 10.2. The van der Waals surface area contributed by atoms with Gasteiger partial charge in [0, 0.05) is 42.5 Å². The van der Waals surface area contributed by atoms with Crippen LogP contribution >= 0.6 is 0 Å². The number of primary amides is 1. The third kappa shape index (κ3) is 4.36. The minimum absolute atomic E-state index is 0.0788. The fourth-order valence-corrected chi connectivity index (χ4v) is 3.35. The van der Waals surface area contributed by atoms with Crippen LogP contribution in [0.15, 0.2) is 24.3 Å². The van der Waals surface area contributed by atoms with Crippen molar-refractivity contribution in [2.75, 3.05) is 24.6 Å². The van der Waals surface area contributed by atoms with Gasteiger partial charge in [0.2, 0.25) is 5.82 Å². The highest BCUT2D eigenvalue weighted by molar-refractivity contribution is 5.89. The molecule has 7 nitrogen and oxygen atoms in total. The molecule has 3 N–H and O–H groups in total. The topological polar surface area (TPSA) is 93.4 Å². The molecule has 1 amide bonds. The molecule has 3 rings (SSSR count). The average Bonchev–Trinajstić information content (AvgIpc) is 3.12. The van der Waals surface area contributed by atoms with Crippen molar-refractivity contribution in [3.05, 3.63) is 46.9 Å². The molecule has 0 spiro atoms. The van der Waals surface area contributed by atoms with E-state index in [9.17, 15) is 4.79 Å². The van der Waals surface area contributed by atoms with Gasteiger partial charge in [0.15, 0.2) is 0 Å². The number of hydrogen-bond acceptors (Lipinski definition) is 6. The first kappa shape index (κ1) is 19.1. The first-order valence-corrected chi connectivity index (χ1v) is 9.33. The Bertz CT molecular complexity index is 824. The third-order valence-corrected chi connectivity index (χ3v) is 4.93. The van der Waals surface area contributed by atoms with Gasteiger partial charge in [-0.25, -0.2) is 9.97 Å². The first-order valence-electron chi connectivity index (χ1n) is 9.33. The average molecular weight is 369 g/mol. The fourth-order valence-electron chi connectivity index (χ4n) is 3.35. The number of benzene rings is 1. The molecule has 0 unspecified atom stereocenters. The number of nitrogens with one attached hydrogen (secondary N) is 1. The van der Waals surface area contributed by atoms with Crippen LogP contribution in [0.3, 0.4) is 0 Å². The standard InChI is InChI=1S/C20H27N5O2/c1-4-27-17-8-6-5-7-15(17)11-22-16-9-10-25(12-16)20-13(2)14(3)23-19(24-20)18(21)26/h5-8,16,22H,4,9-12H2,1-3H3,(H2,21,26)/t16-/m1/s1. The molecule has 1 aliphatic heterocycles. The number of ether oxygens (including phenoxy) is 1. The van der Waals surface area contributed by atoms with Crippen molar-refractivity contribution in [3.8, 4) is 5.75 Å². The maximum atomic E-state index is 11.5. The molecule has 1 atom stereocenters. The molecule has 1 aliphatic rings. The van der Waals surface area contributed by atoms with Gasteiger partial charge in [0.05, 0.1) is 6.61 Å². The first-order chi connectivity index (χ1) is 13.0. The number of anilines is 1. The Balaban J connectivity index is 1.67. The summed E-state index contributed by atoms with van der Waals surface area (Å²) in [6.45, 7) is 8.96. The SMILES string of the molecule is CCOc1ccccc1CN[C@@H]1CCN(c2nc(C(N)=O)nc(C)c2C)C1. The molecule has 1 saturated heterocycles. The van der Waals surface area contributed by atoms with E-state index in [2.05, 4.69) is 26.3 Å². The molecule has 1 aromatic carbocycles. The normalized spacial score (nSPS) is 16.6. The lowest BCUT2D eigenvalue weighted by Crippen LogP contribution is -2.33. The van der Waals surface area contributed by atoms with Gasteiger partial charge in [-0.1, -0.05) is 18.2 Å². The second-order valence-electron chi connectivity index (χ2n) is 6.80. The van der Waals surface area contributed by atoms with Crippen LogP contribution in [0.5, 0.6) is 5.75 Å². The highest BCUT2D eigenvalue weighted by atomic mass is 16.5. The maximum absolute atomic E-state index is 11.5. The Morgan fingerprint density at radius 1 is 1.33 bits per heavy atom. The summed E-state index contributed by atoms with van der Waals surface area (Å²) in [5, 5.41) is 3.61. The fraction of sp³-hybridized carbons (Fsp3) is 0.450. The molecule has 0 radical (unpaired) electrons. The van der Waals surface area contributed by atoms with Crippen molar-refractivity contribution in [1.29, 1.82) is 0 Å². The Morgan fingerprint density at radius 2 is 2.11 bits per heavy atom. The van der Waals surface area contributed by atoms with Crippen LogP contribution in [0, 0.1) is 13.8 Å². The summed E-state index contributed by atoms with van der Waals surface area (Å²) in [6.07, 6.45) is 1.01. The van der Waals surface area contributed by atoms with Gasteiger partial charge >= 0.3 is 0 Å². The van der Waals surface area contributed by atoms with E-state index >= 15 is 0 Å². The van der Waals surface area contributed by atoms with Gasteiger partial charge < -0.3 is 20.7 Å². The molecule has 2 heterocycles. The van der Waals surface area contributed by atoms with Crippen molar-refractivity contribution in [1.82, 2.24) is 15.3 Å².